The number of carbonyl (C=O) groups excluding carboxylic acids is 2. The lowest BCUT2D eigenvalue weighted by Gasteiger charge is -2.08. The largest absolute Gasteiger partial charge is 0.466 e. The van der Waals surface area contributed by atoms with E-state index in [0.29, 0.717) is 11.5 Å². The lowest BCUT2D eigenvalue weighted by Crippen LogP contribution is -2.42. The van der Waals surface area contributed by atoms with E-state index in [2.05, 4.69) is 15.6 Å². The third-order valence-corrected chi connectivity index (χ3v) is 2.34. The molecule has 1 aromatic heterocycles. The topological polar surface area (TPSA) is 80.6 Å². The van der Waals surface area contributed by atoms with Gasteiger partial charge in [-0.3, -0.25) is 20.4 Å². The summed E-state index contributed by atoms with van der Waals surface area (Å²) in [5, 5.41) is 0. The molecule has 9 heteroatoms. The maximum Gasteiger partial charge on any atom is 0.411 e. The van der Waals surface area contributed by atoms with Crippen molar-refractivity contribution in [2.24, 2.45) is 0 Å². The fourth-order valence-corrected chi connectivity index (χ4v) is 1.47. The molecule has 21 heavy (non-hydrogen) atoms. The second-order valence-corrected chi connectivity index (χ2v) is 4.25. The molecule has 0 unspecified atom stereocenters. The number of aryl methyl sites for hydroxylation is 2. The number of ether oxygens (including phenoxy) is 1. The summed E-state index contributed by atoms with van der Waals surface area (Å²) >= 11 is 0. The third kappa shape index (κ3) is 6.30. The van der Waals surface area contributed by atoms with E-state index in [1.165, 1.54) is 6.07 Å². The SMILES string of the molecule is Cc1cc(C(=O)NNC(=O)CCOCC(F)(F)F)c(C)o1. The van der Waals surface area contributed by atoms with Gasteiger partial charge in [0.2, 0.25) is 5.91 Å². The first-order chi connectivity index (χ1) is 9.69. The molecule has 0 saturated heterocycles. The van der Waals surface area contributed by atoms with Crippen molar-refractivity contribution < 1.29 is 31.9 Å². The van der Waals surface area contributed by atoms with Crippen LogP contribution in [0.25, 0.3) is 0 Å². The van der Waals surface area contributed by atoms with Crippen LogP contribution in [0.5, 0.6) is 0 Å². The summed E-state index contributed by atoms with van der Waals surface area (Å²) in [6, 6.07) is 1.50. The highest BCUT2D eigenvalue weighted by Crippen LogP contribution is 2.14. The molecule has 0 saturated carbocycles. The van der Waals surface area contributed by atoms with Crippen LogP contribution in [0.3, 0.4) is 0 Å². The van der Waals surface area contributed by atoms with Gasteiger partial charge in [-0.25, -0.2) is 0 Å². The summed E-state index contributed by atoms with van der Waals surface area (Å²) < 4.78 is 44.7. The molecule has 1 aromatic rings. The number of hydrazine groups is 1. The van der Waals surface area contributed by atoms with Crippen molar-refractivity contribution in [3.63, 3.8) is 0 Å². The number of halogens is 3. The van der Waals surface area contributed by atoms with E-state index >= 15 is 0 Å². The zero-order valence-electron chi connectivity index (χ0n) is 11.5. The van der Waals surface area contributed by atoms with Crippen LogP contribution in [0.1, 0.15) is 28.3 Å². The predicted molar refractivity (Wildman–Crippen MR) is 65.3 cm³/mol. The van der Waals surface area contributed by atoms with Gasteiger partial charge in [0.15, 0.2) is 0 Å². The highest BCUT2D eigenvalue weighted by atomic mass is 19.4. The van der Waals surface area contributed by atoms with E-state index in [-0.39, 0.29) is 12.0 Å². The fraction of sp³-hybridized carbons (Fsp3) is 0.500. The molecule has 0 aliphatic rings. The molecule has 0 atom stereocenters. The molecule has 0 bridgehead atoms. The summed E-state index contributed by atoms with van der Waals surface area (Å²) in [6.07, 6.45) is -4.74. The predicted octanol–water partition coefficient (Wildman–Crippen LogP) is 1.63. The summed E-state index contributed by atoms with van der Waals surface area (Å²) in [6.45, 7) is 1.44. The molecule has 0 aromatic carbocycles. The monoisotopic (exact) mass is 308 g/mol. The molecule has 1 heterocycles. The van der Waals surface area contributed by atoms with Crippen LogP contribution in [-0.4, -0.2) is 31.2 Å². The highest BCUT2D eigenvalue weighted by Gasteiger charge is 2.27. The van der Waals surface area contributed by atoms with Crippen LogP contribution in [0.4, 0.5) is 13.2 Å². The minimum absolute atomic E-state index is 0.265. The van der Waals surface area contributed by atoms with Gasteiger partial charge in [-0.05, 0) is 19.9 Å². The molecule has 0 spiro atoms. The number of alkyl halides is 3. The lowest BCUT2D eigenvalue weighted by molar-refractivity contribution is -0.174. The van der Waals surface area contributed by atoms with Gasteiger partial charge in [-0.1, -0.05) is 0 Å². The van der Waals surface area contributed by atoms with Crippen LogP contribution in [0.15, 0.2) is 10.5 Å². The first kappa shape index (κ1) is 17.0. The second-order valence-electron chi connectivity index (χ2n) is 4.25. The number of hydrogen-bond donors (Lipinski definition) is 2. The van der Waals surface area contributed by atoms with Gasteiger partial charge >= 0.3 is 6.18 Å². The van der Waals surface area contributed by atoms with Gasteiger partial charge in [0.25, 0.3) is 5.91 Å². The maximum atomic E-state index is 11.8. The number of furan rings is 1. The van der Waals surface area contributed by atoms with Crippen LogP contribution >= 0.6 is 0 Å². The third-order valence-electron chi connectivity index (χ3n) is 2.34. The number of hydrogen-bond acceptors (Lipinski definition) is 4. The van der Waals surface area contributed by atoms with E-state index in [4.69, 9.17) is 4.42 Å². The Hall–Kier alpha value is -2.03. The molecular weight excluding hydrogens is 293 g/mol. The van der Waals surface area contributed by atoms with Crippen molar-refractivity contribution in [1.29, 1.82) is 0 Å². The summed E-state index contributed by atoms with van der Waals surface area (Å²) in [4.78, 5) is 23.0. The van der Waals surface area contributed by atoms with Crippen molar-refractivity contribution in [2.75, 3.05) is 13.2 Å². The average Bonchev–Trinajstić information content (AvgIpc) is 2.70. The van der Waals surface area contributed by atoms with Gasteiger partial charge in [-0.15, -0.1) is 0 Å². The number of amides is 2. The fourth-order valence-electron chi connectivity index (χ4n) is 1.47. The molecule has 2 N–H and O–H groups in total. The second kappa shape index (κ2) is 7.11. The Labute approximate surface area is 118 Å². The van der Waals surface area contributed by atoms with Gasteiger partial charge in [-0.2, -0.15) is 13.2 Å². The lowest BCUT2D eigenvalue weighted by atomic mass is 10.2. The Morgan fingerprint density at radius 1 is 1.29 bits per heavy atom. The Morgan fingerprint density at radius 2 is 1.95 bits per heavy atom. The molecule has 0 aliphatic heterocycles. The van der Waals surface area contributed by atoms with Crippen molar-refractivity contribution in [2.45, 2.75) is 26.4 Å². The van der Waals surface area contributed by atoms with Crippen molar-refractivity contribution in [1.82, 2.24) is 10.9 Å². The Balaban J connectivity index is 2.27. The molecule has 0 radical (unpaired) electrons. The summed E-state index contributed by atoms with van der Waals surface area (Å²) in [5.74, 6) is -0.297. The van der Waals surface area contributed by atoms with E-state index in [0.717, 1.165) is 0 Å². The maximum absolute atomic E-state index is 11.8. The van der Waals surface area contributed by atoms with E-state index in [9.17, 15) is 22.8 Å². The van der Waals surface area contributed by atoms with E-state index < -0.39 is 31.2 Å². The van der Waals surface area contributed by atoms with Gasteiger partial charge in [0.1, 0.15) is 18.1 Å². The molecule has 6 nitrogen and oxygen atoms in total. The average molecular weight is 308 g/mol. The van der Waals surface area contributed by atoms with Crippen LogP contribution in [-0.2, 0) is 9.53 Å². The number of rotatable bonds is 5. The zero-order chi connectivity index (χ0) is 16.0. The Kier molecular flexibility index (Phi) is 5.77. The number of carbonyl (C=O) groups is 2. The summed E-state index contributed by atoms with van der Waals surface area (Å²) in [5.41, 5.74) is 4.47. The first-order valence-corrected chi connectivity index (χ1v) is 6.00. The Morgan fingerprint density at radius 3 is 2.48 bits per heavy atom. The van der Waals surface area contributed by atoms with Crippen LogP contribution in [0, 0.1) is 13.8 Å². The molecule has 2 amide bonds. The normalized spacial score (nSPS) is 11.3. The van der Waals surface area contributed by atoms with Crippen LogP contribution in [0.2, 0.25) is 0 Å². The smallest absolute Gasteiger partial charge is 0.411 e. The van der Waals surface area contributed by atoms with Crippen LogP contribution < -0.4 is 10.9 Å². The quantitative estimate of drug-likeness (QED) is 0.640. The van der Waals surface area contributed by atoms with Crippen molar-refractivity contribution in [3.8, 4) is 0 Å². The van der Waals surface area contributed by atoms with E-state index in [1.54, 1.807) is 13.8 Å². The summed E-state index contributed by atoms with van der Waals surface area (Å²) in [7, 11) is 0. The highest BCUT2D eigenvalue weighted by molar-refractivity contribution is 5.96. The van der Waals surface area contributed by atoms with Crippen molar-refractivity contribution in [3.05, 3.63) is 23.2 Å². The molecule has 0 fully saturated rings. The van der Waals surface area contributed by atoms with E-state index in [1.807, 2.05) is 0 Å². The number of nitrogens with one attached hydrogen (secondary N) is 2. The van der Waals surface area contributed by atoms with Gasteiger partial charge in [0, 0.05) is 0 Å². The molecule has 1 rings (SSSR count). The van der Waals surface area contributed by atoms with Gasteiger partial charge < -0.3 is 9.15 Å². The molecule has 0 aliphatic carbocycles. The molecular formula is C12H15F3N2O4. The standard InChI is InChI=1S/C12H15F3N2O4/c1-7-5-9(8(2)21-7)11(19)17-16-10(18)3-4-20-6-12(13,14)15/h5H,3-4,6H2,1-2H3,(H,16,18)(H,17,19). The first-order valence-electron chi connectivity index (χ1n) is 6.00. The minimum Gasteiger partial charge on any atom is -0.466 e. The zero-order valence-corrected chi connectivity index (χ0v) is 11.5. The minimum atomic E-state index is -4.43. The molecule has 118 valence electrons. The van der Waals surface area contributed by atoms with Gasteiger partial charge in [0.05, 0.1) is 18.6 Å². The van der Waals surface area contributed by atoms with Crippen molar-refractivity contribution >= 4 is 11.8 Å². The Bertz CT molecular complexity index is 511.